The zero-order chi connectivity index (χ0) is 16.4. The molecule has 7 heteroatoms. The number of nitrogens with one attached hydrogen (secondary N) is 2. The third-order valence-electron chi connectivity index (χ3n) is 4.84. The molecule has 0 saturated carbocycles. The maximum absolute atomic E-state index is 12.1. The molecule has 2 saturated heterocycles. The summed E-state index contributed by atoms with van der Waals surface area (Å²) in [7, 11) is 0. The van der Waals surface area contributed by atoms with Crippen molar-refractivity contribution in [3.63, 3.8) is 0 Å². The van der Waals surface area contributed by atoms with Crippen LogP contribution in [0, 0.1) is 5.92 Å². The first kappa shape index (κ1) is 16.4. The standard InChI is InChI=1S/C16H24N4O2S/c1-3-5-13-17-12(10-23-13)9-20-7-4-6-11(8-20)16(2)14(21)18-15(22)19-16/h10-11H,3-9H2,1-2H3,(H2,18,19,21,22)/t11-,16+/m0/s1. The van der Waals surface area contributed by atoms with E-state index < -0.39 is 5.54 Å². The van der Waals surface area contributed by atoms with E-state index in [9.17, 15) is 9.59 Å². The first-order valence-corrected chi connectivity index (χ1v) is 9.18. The zero-order valence-corrected chi connectivity index (χ0v) is 14.5. The number of hydrogen-bond donors (Lipinski definition) is 2. The lowest BCUT2D eigenvalue weighted by Gasteiger charge is -2.39. The Bertz CT molecular complexity index is 603. The van der Waals surface area contributed by atoms with Crippen LogP contribution in [0.5, 0.6) is 0 Å². The Morgan fingerprint density at radius 3 is 3.00 bits per heavy atom. The van der Waals surface area contributed by atoms with Crippen molar-refractivity contribution in [1.29, 1.82) is 0 Å². The van der Waals surface area contributed by atoms with Gasteiger partial charge in [0, 0.05) is 24.4 Å². The summed E-state index contributed by atoms with van der Waals surface area (Å²) in [4.78, 5) is 30.6. The molecule has 0 aromatic carbocycles. The highest BCUT2D eigenvalue weighted by Crippen LogP contribution is 2.30. The van der Waals surface area contributed by atoms with Gasteiger partial charge in [-0.15, -0.1) is 11.3 Å². The van der Waals surface area contributed by atoms with E-state index in [0.717, 1.165) is 51.0 Å². The van der Waals surface area contributed by atoms with Crippen molar-refractivity contribution in [2.24, 2.45) is 5.92 Å². The number of imide groups is 1. The summed E-state index contributed by atoms with van der Waals surface area (Å²) < 4.78 is 0. The first-order valence-electron chi connectivity index (χ1n) is 8.30. The Labute approximate surface area is 140 Å². The molecule has 0 aliphatic carbocycles. The van der Waals surface area contributed by atoms with Gasteiger partial charge in [0.2, 0.25) is 0 Å². The Kier molecular flexibility index (Phi) is 4.68. The summed E-state index contributed by atoms with van der Waals surface area (Å²) in [5, 5.41) is 8.52. The second kappa shape index (κ2) is 6.57. The molecule has 0 radical (unpaired) electrons. The maximum atomic E-state index is 12.1. The molecule has 0 spiro atoms. The van der Waals surface area contributed by atoms with E-state index in [1.54, 1.807) is 11.3 Å². The Balaban J connectivity index is 1.64. The van der Waals surface area contributed by atoms with Gasteiger partial charge in [0.05, 0.1) is 10.7 Å². The summed E-state index contributed by atoms with van der Waals surface area (Å²) in [6.07, 6.45) is 4.15. The molecular weight excluding hydrogens is 312 g/mol. The molecular formula is C16H24N4O2S. The van der Waals surface area contributed by atoms with Crippen LogP contribution >= 0.6 is 11.3 Å². The van der Waals surface area contributed by atoms with Crippen LogP contribution in [0.1, 0.15) is 43.8 Å². The van der Waals surface area contributed by atoms with Crippen LogP contribution in [0.15, 0.2) is 5.38 Å². The molecule has 0 bridgehead atoms. The molecule has 2 atom stereocenters. The summed E-state index contributed by atoms with van der Waals surface area (Å²) in [5.74, 6) is -0.0651. The normalized spacial score (nSPS) is 28.7. The highest BCUT2D eigenvalue weighted by molar-refractivity contribution is 7.09. The van der Waals surface area contributed by atoms with E-state index in [1.165, 1.54) is 5.01 Å². The molecule has 2 aliphatic rings. The lowest BCUT2D eigenvalue weighted by Crippen LogP contribution is -2.55. The Morgan fingerprint density at radius 1 is 1.48 bits per heavy atom. The first-order chi connectivity index (χ1) is 11.0. The van der Waals surface area contributed by atoms with Crippen molar-refractivity contribution in [1.82, 2.24) is 20.5 Å². The quantitative estimate of drug-likeness (QED) is 0.806. The molecule has 23 heavy (non-hydrogen) atoms. The average Bonchev–Trinajstić information content (AvgIpc) is 3.05. The van der Waals surface area contributed by atoms with Crippen molar-refractivity contribution in [2.45, 2.75) is 51.6 Å². The van der Waals surface area contributed by atoms with Gasteiger partial charge in [-0.25, -0.2) is 9.78 Å². The average molecular weight is 336 g/mol. The number of aromatic nitrogens is 1. The van der Waals surface area contributed by atoms with Gasteiger partial charge >= 0.3 is 6.03 Å². The van der Waals surface area contributed by atoms with Gasteiger partial charge in [-0.2, -0.15) is 0 Å². The lowest BCUT2D eigenvalue weighted by molar-refractivity contribution is -0.126. The van der Waals surface area contributed by atoms with Crippen molar-refractivity contribution >= 4 is 23.3 Å². The molecule has 6 nitrogen and oxygen atoms in total. The van der Waals surface area contributed by atoms with Gasteiger partial charge in [0.25, 0.3) is 5.91 Å². The largest absolute Gasteiger partial charge is 0.323 e. The summed E-state index contributed by atoms with van der Waals surface area (Å²) in [6, 6.07) is -0.377. The van der Waals surface area contributed by atoms with Crippen LogP contribution in [-0.2, 0) is 17.8 Å². The van der Waals surface area contributed by atoms with Crippen LogP contribution in [-0.4, -0.2) is 40.5 Å². The van der Waals surface area contributed by atoms with Crippen LogP contribution < -0.4 is 10.6 Å². The van der Waals surface area contributed by atoms with Crippen molar-refractivity contribution < 1.29 is 9.59 Å². The fourth-order valence-corrected chi connectivity index (χ4v) is 4.39. The van der Waals surface area contributed by atoms with Crippen LogP contribution in [0.3, 0.4) is 0 Å². The number of carbonyl (C=O) groups is 2. The van der Waals surface area contributed by atoms with E-state index in [0.29, 0.717) is 0 Å². The second-order valence-electron chi connectivity index (χ2n) is 6.67. The predicted octanol–water partition coefficient (Wildman–Crippen LogP) is 1.91. The van der Waals surface area contributed by atoms with Gasteiger partial charge in [-0.1, -0.05) is 6.92 Å². The summed E-state index contributed by atoms with van der Waals surface area (Å²) in [6.45, 7) is 6.65. The number of likely N-dealkylation sites (tertiary alicyclic amines) is 1. The monoisotopic (exact) mass is 336 g/mol. The number of thiazole rings is 1. The van der Waals surface area contributed by atoms with Gasteiger partial charge in [-0.05, 0) is 39.2 Å². The number of hydrogen-bond acceptors (Lipinski definition) is 5. The smallest absolute Gasteiger partial charge is 0.322 e. The van der Waals surface area contributed by atoms with Gasteiger partial charge in [0.1, 0.15) is 5.54 Å². The lowest BCUT2D eigenvalue weighted by atomic mass is 9.80. The second-order valence-corrected chi connectivity index (χ2v) is 7.61. The van der Waals surface area contributed by atoms with E-state index in [2.05, 4.69) is 32.8 Å². The molecule has 2 fully saturated rings. The van der Waals surface area contributed by atoms with E-state index in [1.807, 2.05) is 6.92 Å². The highest BCUT2D eigenvalue weighted by Gasteiger charge is 2.48. The third kappa shape index (κ3) is 3.40. The summed E-state index contributed by atoms with van der Waals surface area (Å²) >= 11 is 1.73. The van der Waals surface area contributed by atoms with Crippen LogP contribution in [0.4, 0.5) is 4.79 Å². The number of urea groups is 1. The SMILES string of the molecule is CCCc1nc(CN2CCC[C@H]([C@@]3(C)NC(=O)NC3=O)C2)cs1. The molecule has 1 aromatic heterocycles. The topological polar surface area (TPSA) is 74.3 Å². The predicted molar refractivity (Wildman–Crippen MR) is 89.2 cm³/mol. The Morgan fingerprint density at radius 2 is 2.30 bits per heavy atom. The number of amides is 3. The molecule has 0 unspecified atom stereocenters. The minimum Gasteiger partial charge on any atom is -0.323 e. The number of nitrogens with zero attached hydrogens (tertiary/aromatic N) is 2. The number of piperidine rings is 1. The maximum Gasteiger partial charge on any atom is 0.322 e. The molecule has 1 aromatic rings. The Hall–Kier alpha value is -1.47. The van der Waals surface area contributed by atoms with Gasteiger partial charge in [-0.3, -0.25) is 15.0 Å². The molecule has 3 heterocycles. The minimum atomic E-state index is -0.787. The summed E-state index contributed by atoms with van der Waals surface area (Å²) in [5.41, 5.74) is 0.328. The van der Waals surface area contributed by atoms with Crippen molar-refractivity contribution in [2.75, 3.05) is 13.1 Å². The van der Waals surface area contributed by atoms with E-state index in [-0.39, 0.29) is 17.9 Å². The number of carbonyl (C=O) groups excluding carboxylic acids is 2. The van der Waals surface area contributed by atoms with Crippen LogP contribution in [0.25, 0.3) is 0 Å². The highest BCUT2D eigenvalue weighted by atomic mass is 32.1. The van der Waals surface area contributed by atoms with Gasteiger partial charge < -0.3 is 5.32 Å². The zero-order valence-electron chi connectivity index (χ0n) is 13.7. The fourth-order valence-electron chi connectivity index (χ4n) is 3.49. The molecule has 3 amide bonds. The molecule has 126 valence electrons. The van der Waals surface area contributed by atoms with Gasteiger partial charge in [0.15, 0.2) is 0 Å². The number of aryl methyl sites for hydroxylation is 1. The minimum absolute atomic E-state index is 0.136. The van der Waals surface area contributed by atoms with E-state index in [4.69, 9.17) is 0 Å². The van der Waals surface area contributed by atoms with Crippen molar-refractivity contribution in [3.05, 3.63) is 16.1 Å². The third-order valence-corrected chi connectivity index (χ3v) is 5.80. The number of rotatable bonds is 5. The van der Waals surface area contributed by atoms with Crippen molar-refractivity contribution in [3.8, 4) is 0 Å². The van der Waals surface area contributed by atoms with Crippen LogP contribution in [0.2, 0.25) is 0 Å². The molecule has 3 rings (SSSR count). The fraction of sp³-hybridized carbons (Fsp3) is 0.688. The van der Waals surface area contributed by atoms with E-state index >= 15 is 0 Å². The molecule has 2 aliphatic heterocycles. The molecule has 2 N–H and O–H groups in total.